The summed E-state index contributed by atoms with van der Waals surface area (Å²) in [4.78, 5) is 0. The van der Waals surface area contributed by atoms with E-state index in [0.717, 1.165) is 13.2 Å². The average molecular weight is 359 g/mol. The maximum Gasteiger partial charge on any atom is 0.0701 e. The molecule has 0 unspecified atom stereocenters. The molecule has 0 aromatic heterocycles. The van der Waals surface area contributed by atoms with E-state index in [0.29, 0.717) is 26.4 Å². The van der Waals surface area contributed by atoms with Crippen LogP contribution < -0.4 is 0 Å². The van der Waals surface area contributed by atoms with Crippen molar-refractivity contribution < 1.29 is 14.2 Å². The van der Waals surface area contributed by atoms with E-state index in [9.17, 15) is 0 Å². The zero-order valence-corrected chi connectivity index (χ0v) is 17.4. The molecule has 0 saturated carbocycles. The van der Waals surface area contributed by atoms with Crippen LogP contribution in [0.2, 0.25) is 0 Å². The fraction of sp³-hybridized carbons (Fsp3) is 1.00. The minimum absolute atomic E-state index is 0.691. The summed E-state index contributed by atoms with van der Waals surface area (Å²) >= 11 is 0. The molecule has 25 heavy (non-hydrogen) atoms. The monoisotopic (exact) mass is 358 g/mol. The lowest BCUT2D eigenvalue weighted by Crippen LogP contribution is -2.10. The van der Waals surface area contributed by atoms with Crippen LogP contribution in [0, 0.1) is 0 Å². The highest BCUT2D eigenvalue weighted by molar-refractivity contribution is 4.46. The summed E-state index contributed by atoms with van der Waals surface area (Å²) in [6.45, 7) is 9.10. The Labute approximate surface area is 158 Å². The molecule has 0 bridgehead atoms. The van der Waals surface area contributed by atoms with Gasteiger partial charge < -0.3 is 14.2 Å². The third kappa shape index (κ3) is 23.9. The van der Waals surface area contributed by atoms with E-state index in [1.807, 2.05) is 0 Å². The molecule has 3 heteroatoms. The maximum absolute atomic E-state index is 5.60. The Kier molecular flexibility index (Phi) is 23.8. The second-order valence-electron chi connectivity index (χ2n) is 7.08. The Morgan fingerprint density at radius 2 is 0.600 bits per heavy atom. The van der Waals surface area contributed by atoms with Crippen molar-refractivity contribution in [1.82, 2.24) is 0 Å². The molecule has 0 heterocycles. The fourth-order valence-electron chi connectivity index (χ4n) is 2.86. The summed E-state index contributed by atoms with van der Waals surface area (Å²) in [5.41, 5.74) is 0. The van der Waals surface area contributed by atoms with E-state index in [1.165, 1.54) is 89.9 Å². The summed E-state index contributed by atoms with van der Waals surface area (Å²) in [5, 5.41) is 0. The molecule has 0 atom stereocenters. The zero-order chi connectivity index (χ0) is 18.3. The van der Waals surface area contributed by atoms with E-state index in [1.54, 1.807) is 0 Å². The Bertz CT molecular complexity index is 199. The van der Waals surface area contributed by atoms with E-state index in [2.05, 4.69) is 13.8 Å². The van der Waals surface area contributed by atoms with Crippen molar-refractivity contribution in [2.24, 2.45) is 0 Å². The molecule has 0 aliphatic carbocycles. The molecule has 0 spiro atoms. The third-order valence-corrected chi connectivity index (χ3v) is 4.53. The van der Waals surface area contributed by atoms with Gasteiger partial charge in [-0.2, -0.15) is 0 Å². The van der Waals surface area contributed by atoms with Crippen molar-refractivity contribution in [3.05, 3.63) is 0 Å². The van der Waals surface area contributed by atoms with Crippen molar-refractivity contribution in [2.75, 3.05) is 39.6 Å². The van der Waals surface area contributed by atoms with Crippen LogP contribution in [-0.4, -0.2) is 39.6 Å². The molecule has 0 aliphatic rings. The molecule has 0 aromatic rings. The first-order valence-corrected chi connectivity index (χ1v) is 11.1. The molecular weight excluding hydrogens is 312 g/mol. The van der Waals surface area contributed by atoms with Crippen molar-refractivity contribution in [3.8, 4) is 0 Å². The number of ether oxygens (including phenoxy) is 3. The number of rotatable bonds is 22. The van der Waals surface area contributed by atoms with Crippen molar-refractivity contribution in [2.45, 2.75) is 104 Å². The van der Waals surface area contributed by atoms with Crippen LogP contribution in [0.15, 0.2) is 0 Å². The Morgan fingerprint density at radius 1 is 0.320 bits per heavy atom. The lowest BCUT2D eigenvalue weighted by Gasteiger charge is -2.07. The molecule has 0 aliphatic heterocycles. The van der Waals surface area contributed by atoms with Crippen LogP contribution in [0.5, 0.6) is 0 Å². The van der Waals surface area contributed by atoms with Crippen LogP contribution in [0.3, 0.4) is 0 Å². The molecule has 3 nitrogen and oxygen atoms in total. The summed E-state index contributed by atoms with van der Waals surface area (Å²) in [6.07, 6.45) is 18.7. The van der Waals surface area contributed by atoms with Crippen molar-refractivity contribution in [3.63, 3.8) is 0 Å². The highest BCUT2D eigenvalue weighted by Gasteiger charge is 1.94. The number of hydrogen-bond acceptors (Lipinski definition) is 3. The van der Waals surface area contributed by atoms with Crippen LogP contribution >= 0.6 is 0 Å². The van der Waals surface area contributed by atoms with Gasteiger partial charge in [-0.1, -0.05) is 90.9 Å². The van der Waals surface area contributed by atoms with Gasteiger partial charge in [-0.15, -0.1) is 0 Å². The fourth-order valence-corrected chi connectivity index (χ4v) is 2.86. The predicted octanol–water partition coefficient (Wildman–Crippen LogP) is 6.54. The predicted molar refractivity (Wildman–Crippen MR) is 108 cm³/mol. The second-order valence-corrected chi connectivity index (χ2v) is 7.08. The van der Waals surface area contributed by atoms with Crippen LogP contribution in [-0.2, 0) is 14.2 Å². The SMILES string of the molecule is CCCCCCCCCCOCCOCCOCCCCCCCC. The standard InChI is InChI=1S/C22H46O3/c1-3-5-7-9-11-12-14-16-18-24-20-22-25-21-19-23-17-15-13-10-8-6-4-2/h3-22H2,1-2H3. The molecular formula is C22H46O3. The minimum Gasteiger partial charge on any atom is -0.379 e. The van der Waals surface area contributed by atoms with E-state index in [4.69, 9.17) is 14.2 Å². The van der Waals surface area contributed by atoms with Gasteiger partial charge in [0.05, 0.1) is 26.4 Å². The summed E-state index contributed by atoms with van der Waals surface area (Å²) in [7, 11) is 0. The van der Waals surface area contributed by atoms with Crippen LogP contribution in [0.25, 0.3) is 0 Å². The normalized spacial score (nSPS) is 11.3. The zero-order valence-electron chi connectivity index (χ0n) is 17.4. The number of hydrogen-bond donors (Lipinski definition) is 0. The van der Waals surface area contributed by atoms with Gasteiger partial charge in [0.25, 0.3) is 0 Å². The van der Waals surface area contributed by atoms with Gasteiger partial charge in [-0.05, 0) is 12.8 Å². The molecule has 0 rings (SSSR count). The maximum atomic E-state index is 5.60. The smallest absolute Gasteiger partial charge is 0.0701 e. The molecule has 0 fully saturated rings. The van der Waals surface area contributed by atoms with E-state index < -0.39 is 0 Å². The Morgan fingerprint density at radius 3 is 0.960 bits per heavy atom. The minimum atomic E-state index is 0.691. The first-order valence-electron chi connectivity index (χ1n) is 11.1. The molecule has 0 N–H and O–H groups in total. The lowest BCUT2D eigenvalue weighted by atomic mass is 10.1. The van der Waals surface area contributed by atoms with Gasteiger partial charge in [-0.3, -0.25) is 0 Å². The molecule has 0 amide bonds. The largest absolute Gasteiger partial charge is 0.379 e. The van der Waals surface area contributed by atoms with Crippen LogP contribution in [0.1, 0.15) is 104 Å². The molecule has 0 saturated heterocycles. The van der Waals surface area contributed by atoms with Gasteiger partial charge in [0.15, 0.2) is 0 Å². The first-order chi connectivity index (χ1) is 12.4. The van der Waals surface area contributed by atoms with Crippen molar-refractivity contribution in [1.29, 1.82) is 0 Å². The Hall–Kier alpha value is -0.120. The van der Waals surface area contributed by atoms with E-state index >= 15 is 0 Å². The van der Waals surface area contributed by atoms with Gasteiger partial charge in [-0.25, -0.2) is 0 Å². The highest BCUT2D eigenvalue weighted by atomic mass is 16.5. The number of unbranched alkanes of at least 4 members (excludes halogenated alkanes) is 12. The van der Waals surface area contributed by atoms with Gasteiger partial charge in [0.2, 0.25) is 0 Å². The van der Waals surface area contributed by atoms with Crippen LogP contribution in [0.4, 0.5) is 0 Å². The van der Waals surface area contributed by atoms with Gasteiger partial charge in [0.1, 0.15) is 0 Å². The first kappa shape index (κ1) is 24.9. The lowest BCUT2D eigenvalue weighted by molar-refractivity contribution is 0.0132. The van der Waals surface area contributed by atoms with Gasteiger partial charge >= 0.3 is 0 Å². The highest BCUT2D eigenvalue weighted by Crippen LogP contribution is 2.08. The van der Waals surface area contributed by atoms with Gasteiger partial charge in [0, 0.05) is 13.2 Å². The van der Waals surface area contributed by atoms with Crippen molar-refractivity contribution >= 4 is 0 Å². The second kappa shape index (κ2) is 23.9. The summed E-state index contributed by atoms with van der Waals surface area (Å²) in [6, 6.07) is 0. The topological polar surface area (TPSA) is 27.7 Å². The van der Waals surface area contributed by atoms with E-state index in [-0.39, 0.29) is 0 Å². The quantitative estimate of drug-likeness (QED) is 0.206. The molecule has 0 radical (unpaired) electrons. The summed E-state index contributed by atoms with van der Waals surface area (Å²) < 4.78 is 16.7. The molecule has 0 aromatic carbocycles. The molecule has 152 valence electrons. The third-order valence-electron chi connectivity index (χ3n) is 4.53. The average Bonchev–Trinajstić information content (AvgIpc) is 2.63. The Balaban J connectivity index is 2.94. The summed E-state index contributed by atoms with van der Waals surface area (Å²) in [5.74, 6) is 0.